The fourth-order valence-corrected chi connectivity index (χ4v) is 2.54. The number of nitrogens with zero attached hydrogens (tertiary/aromatic N) is 2. The minimum atomic E-state index is -5.16. The fourth-order valence-electron chi connectivity index (χ4n) is 2.54. The molecule has 0 aliphatic heterocycles. The van der Waals surface area contributed by atoms with Crippen LogP contribution >= 0.6 is 0 Å². The van der Waals surface area contributed by atoms with Crippen molar-refractivity contribution in [3.05, 3.63) is 65.0 Å². The van der Waals surface area contributed by atoms with Crippen LogP contribution in [0.4, 0.5) is 36.4 Å². The van der Waals surface area contributed by atoms with Crippen LogP contribution in [-0.4, -0.2) is 25.0 Å². The first-order valence-electron chi connectivity index (χ1n) is 8.72. The molecule has 2 aromatic carbocycles. The molecule has 0 saturated carbocycles. The van der Waals surface area contributed by atoms with Crippen molar-refractivity contribution in [3.63, 3.8) is 0 Å². The van der Waals surface area contributed by atoms with E-state index in [4.69, 9.17) is 5.26 Å². The van der Waals surface area contributed by atoms with E-state index in [-0.39, 0.29) is 36.9 Å². The zero-order valence-electron chi connectivity index (χ0n) is 15.9. The summed E-state index contributed by atoms with van der Waals surface area (Å²) in [5, 5.41) is 8.72. The standard InChI is InChI=1S/C20H13F7N2O3/c21-15-2-4-16(5-3-15)29(7-1-6-28)17(30)11-32-18(31)12-8-13(19(22,23)24)10-14(9-12)20(25,26)27/h2-5,8-10H,1,7,11H2. The van der Waals surface area contributed by atoms with Crippen LogP contribution in [0.1, 0.15) is 27.9 Å². The van der Waals surface area contributed by atoms with E-state index in [1.165, 1.54) is 12.1 Å². The monoisotopic (exact) mass is 462 g/mol. The van der Waals surface area contributed by atoms with E-state index >= 15 is 0 Å². The predicted molar refractivity (Wildman–Crippen MR) is 95.7 cm³/mol. The molecule has 170 valence electrons. The Labute approximate surface area is 176 Å². The third kappa shape index (κ3) is 6.44. The van der Waals surface area contributed by atoms with Crippen molar-refractivity contribution in [2.24, 2.45) is 0 Å². The van der Waals surface area contributed by atoms with Gasteiger partial charge in [-0.25, -0.2) is 9.18 Å². The van der Waals surface area contributed by atoms with Crippen LogP contribution in [0.3, 0.4) is 0 Å². The molecular weight excluding hydrogens is 449 g/mol. The number of rotatable bonds is 6. The van der Waals surface area contributed by atoms with E-state index in [2.05, 4.69) is 4.74 Å². The topological polar surface area (TPSA) is 70.4 Å². The van der Waals surface area contributed by atoms with Crippen LogP contribution in [0.2, 0.25) is 0 Å². The number of amides is 1. The number of carbonyl (C=O) groups excluding carboxylic acids is 2. The SMILES string of the molecule is N#CCCN(C(=O)COC(=O)c1cc(C(F)(F)F)cc(C(F)(F)F)c1)c1ccc(F)cc1. The number of ether oxygens (including phenoxy) is 1. The lowest BCUT2D eigenvalue weighted by Crippen LogP contribution is -2.35. The van der Waals surface area contributed by atoms with Gasteiger partial charge in [0.1, 0.15) is 5.82 Å². The highest BCUT2D eigenvalue weighted by Crippen LogP contribution is 2.36. The molecule has 32 heavy (non-hydrogen) atoms. The number of esters is 1. The molecule has 0 aliphatic carbocycles. The smallest absolute Gasteiger partial charge is 0.416 e. The third-order valence-electron chi connectivity index (χ3n) is 4.04. The molecule has 0 atom stereocenters. The van der Waals surface area contributed by atoms with E-state index < -0.39 is 53.3 Å². The maximum absolute atomic E-state index is 13.1. The summed E-state index contributed by atoms with van der Waals surface area (Å²) in [6.45, 7) is -1.22. The number of halogens is 7. The zero-order chi connectivity index (χ0) is 24.1. The Morgan fingerprint density at radius 3 is 1.94 bits per heavy atom. The number of hydrogen-bond acceptors (Lipinski definition) is 4. The van der Waals surface area contributed by atoms with Gasteiger partial charge in [-0.15, -0.1) is 0 Å². The molecule has 1 amide bonds. The molecule has 0 bridgehead atoms. The van der Waals surface area contributed by atoms with Crippen LogP contribution in [0, 0.1) is 17.1 Å². The minimum absolute atomic E-state index is 0.140. The molecule has 0 aromatic heterocycles. The van der Waals surface area contributed by atoms with Crippen molar-refractivity contribution in [3.8, 4) is 6.07 Å². The summed E-state index contributed by atoms with van der Waals surface area (Å²) in [6.07, 6.45) is -10.5. The van der Waals surface area contributed by atoms with Gasteiger partial charge in [0.2, 0.25) is 0 Å². The summed E-state index contributed by atoms with van der Waals surface area (Å²) in [7, 11) is 0. The largest absolute Gasteiger partial charge is 0.452 e. The van der Waals surface area contributed by atoms with Gasteiger partial charge in [-0.05, 0) is 42.5 Å². The van der Waals surface area contributed by atoms with Gasteiger partial charge in [-0.2, -0.15) is 31.6 Å². The van der Waals surface area contributed by atoms with Gasteiger partial charge in [-0.1, -0.05) is 0 Å². The highest BCUT2D eigenvalue weighted by atomic mass is 19.4. The van der Waals surface area contributed by atoms with Crippen LogP contribution in [0.5, 0.6) is 0 Å². The summed E-state index contributed by atoms with van der Waals surface area (Å²) in [5.41, 5.74) is -4.34. The number of nitriles is 1. The van der Waals surface area contributed by atoms with E-state index in [9.17, 15) is 40.3 Å². The van der Waals surface area contributed by atoms with Gasteiger partial charge in [0.15, 0.2) is 6.61 Å². The van der Waals surface area contributed by atoms with Crippen LogP contribution in [0.15, 0.2) is 42.5 Å². The van der Waals surface area contributed by atoms with Gasteiger partial charge >= 0.3 is 18.3 Å². The molecule has 0 unspecified atom stereocenters. The molecule has 12 heteroatoms. The summed E-state index contributed by atoms with van der Waals surface area (Å²) in [6, 6.07) is 6.43. The zero-order valence-corrected chi connectivity index (χ0v) is 15.9. The van der Waals surface area contributed by atoms with Gasteiger partial charge in [0.05, 0.1) is 29.2 Å². The third-order valence-corrected chi connectivity index (χ3v) is 4.04. The molecule has 0 spiro atoms. The summed E-state index contributed by atoms with van der Waals surface area (Å²) < 4.78 is 95.2. The Morgan fingerprint density at radius 2 is 1.47 bits per heavy atom. The van der Waals surface area contributed by atoms with E-state index in [1.54, 1.807) is 6.07 Å². The average Bonchev–Trinajstić information content (AvgIpc) is 2.71. The summed E-state index contributed by atoms with van der Waals surface area (Å²) in [4.78, 5) is 25.5. The van der Waals surface area contributed by atoms with E-state index in [0.29, 0.717) is 0 Å². The highest BCUT2D eigenvalue weighted by Gasteiger charge is 2.37. The molecule has 0 heterocycles. The number of carbonyl (C=O) groups is 2. The maximum Gasteiger partial charge on any atom is 0.416 e. The van der Waals surface area contributed by atoms with Gasteiger partial charge in [-0.3, -0.25) is 4.79 Å². The van der Waals surface area contributed by atoms with E-state index in [1.807, 2.05) is 0 Å². The van der Waals surface area contributed by atoms with Crippen molar-refractivity contribution in [2.45, 2.75) is 18.8 Å². The Kier molecular flexibility index (Phi) is 7.45. The first-order chi connectivity index (χ1) is 14.8. The summed E-state index contributed by atoms with van der Waals surface area (Å²) >= 11 is 0. The average molecular weight is 462 g/mol. The molecule has 0 fully saturated rings. The molecule has 0 N–H and O–H groups in total. The molecule has 0 radical (unpaired) electrons. The lowest BCUT2D eigenvalue weighted by atomic mass is 10.0. The quantitative estimate of drug-likeness (QED) is 0.449. The second-order valence-corrected chi connectivity index (χ2v) is 6.30. The second-order valence-electron chi connectivity index (χ2n) is 6.30. The van der Waals surface area contributed by atoms with Crippen LogP contribution in [-0.2, 0) is 21.9 Å². The van der Waals surface area contributed by atoms with Crippen LogP contribution in [0.25, 0.3) is 0 Å². The Bertz CT molecular complexity index is 993. The first-order valence-corrected chi connectivity index (χ1v) is 8.72. The number of alkyl halides is 6. The number of hydrogen-bond donors (Lipinski definition) is 0. The van der Waals surface area contributed by atoms with Crippen molar-refractivity contribution in [1.29, 1.82) is 5.26 Å². The van der Waals surface area contributed by atoms with E-state index in [0.717, 1.165) is 17.0 Å². The molecule has 0 saturated heterocycles. The van der Waals surface area contributed by atoms with Crippen molar-refractivity contribution in [1.82, 2.24) is 0 Å². The van der Waals surface area contributed by atoms with Crippen molar-refractivity contribution < 1.29 is 45.1 Å². The van der Waals surface area contributed by atoms with Gasteiger partial charge in [0.25, 0.3) is 5.91 Å². The first kappa shape index (κ1) is 24.6. The Hall–Kier alpha value is -3.62. The molecule has 0 aliphatic rings. The lowest BCUT2D eigenvalue weighted by molar-refractivity contribution is -0.143. The Morgan fingerprint density at radius 1 is 0.938 bits per heavy atom. The normalized spacial score (nSPS) is 11.6. The molecule has 2 rings (SSSR count). The minimum Gasteiger partial charge on any atom is -0.452 e. The van der Waals surface area contributed by atoms with Gasteiger partial charge < -0.3 is 9.64 Å². The van der Waals surface area contributed by atoms with Crippen molar-refractivity contribution in [2.75, 3.05) is 18.1 Å². The molecule has 2 aromatic rings. The Balaban J connectivity index is 2.23. The van der Waals surface area contributed by atoms with Gasteiger partial charge in [0, 0.05) is 12.2 Å². The molecule has 5 nitrogen and oxygen atoms in total. The summed E-state index contributed by atoms with van der Waals surface area (Å²) in [5.74, 6) is -3.13. The predicted octanol–water partition coefficient (Wildman–Crippen LogP) is 4.97. The highest BCUT2D eigenvalue weighted by molar-refractivity contribution is 5.97. The van der Waals surface area contributed by atoms with Crippen molar-refractivity contribution >= 4 is 17.6 Å². The number of anilines is 1. The molecular formula is C20H13F7N2O3. The lowest BCUT2D eigenvalue weighted by Gasteiger charge is -2.21. The fraction of sp³-hybridized carbons (Fsp3) is 0.250. The van der Waals surface area contributed by atoms with Crippen LogP contribution < -0.4 is 4.90 Å². The number of benzene rings is 2. The second kappa shape index (κ2) is 9.67. The maximum atomic E-state index is 13.1.